The predicted octanol–water partition coefficient (Wildman–Crippen LogP) is 0.557. The molecule has 0 amide bonds. The highest BCUT2D eigenvalue weighted by molar-refractivity contribution is 7.92. The van der Waals surface area contributed by atoms with Crippen molar-refractivity contribution in [3.05, 3.63) is 17.7 Å². The standard InChI is InChI=1S/C13H20N2O3S/c16-9-10-3-4-15-11(6-10)8-14-13(15)7-12-2-1-5-19(12,17)18/h8,10,12,16H,1-7,9H2. The highest BCUT2D eigenvalue weighted by Crippen LogP contribution is 2.26. The van der Waals surface area contributed by atoms with Crippen LogP contribution in [0.3, 0.4) is 0 Å². The monoisotopic (exact) mass is 284 g/mol. The molecule has 1 aromatic rings. The molecule has 2 aliphatic rings. The summed E-state index contributed by atoms with van der Waals surface area (Å²) < 4.78 is 25.9. The van der Waals surface area contributed by atoms with Crippen LogP contribution in [0.5, 0.6) is 0 Å². The topological polar surface area (TPSA) is 72.2 Å². The summed E-state index contributed by atoms with van der Waals surface area (Å²) in [4.78, 5) is 4.41. The predicted molar refractivity (Wildman–Crippen MR) is 71.6 cm³/mol. The molecule has 0 aromatic carbocycles. The van der Waals surface area contributed by atoms with Gasteiger partial charge in [-0.1, -0.05) is 0 Å². The van der Waals surface area contributed by atoms with Crippen molar-refractivity contribution in [2.45, 2.75) is 43.9 Å². The highest BCUT2D eigenvalue weighted by Gasteiger charge is 2.33. The second-order valence-electron chi connectivity index (χ2n) is 5.69. The lowest BCUT2D eigenvalue weighted by Crippen LogP contribution is -2.25. The molecule has 0 aliphatic carbocycles. The van der Waals surface area contributed by atoms with Gasteiger partial charge >= 0.3 is 0 Å². The summed E-state index contributed by atoms with van der Waals surface area (Å²) in [5, 5.41) is 8.97. The van der Waals surface area contributed by atoms with Crippen molar-refractivity contribution in [2.75, 3.05) is 12.4 Å². The lowest BCUT2D eigenvalue weighted by atomic mass is 9.97. The SMILES string of the molecule is O=S1(=O)CCCC1Cc1ncc2n1CCC(CO)C2. The Morgan fingerprint density at radius 1 is 1.42 bits per heavy atom. The highest BCUT2D eigenvalue weighted by atomic mass is 32.2. The molecule has 2 atom stereocenters. The zero-order valence-corrected chi connectivity index (χ0v) is 11.8. The van der Waals surface area contributed by atoms with Crippen molar-refractivity contribution >= 4 is 9.84 Å². The van der Waals surface area contributed by atoms with Gasteiger partial charge in [0.2, 0.25) is 0 Å². The lowest BCUT2D eigenvalue weighted by Gasteiger charge is -2.23. The maximum atomic E-state index is 11.9. The van der Waals surface area contributed by atoms with Crippen molar-refractivity contribution in [3.63, 3.8) is 0 Å². The summed E-state index contributed by atoms with van der Waals surface area (Å²) in [6.07, 6.45) is 5.74. The van der Waals surface area contributed by atoms with Crippen molar-refractivity contribution in [1.82, 2.24) is 9.55 Å². The molecule has 1 N–H and O–H groups in total. The molecule has 0 bridgehead atoms. The third-order valence-corrected chi connectivity index (χ3v) is 6.69. The molecule has 1 aromatic heterocycles. The molecular formula is C13H20N2O3S. The molecule has 2 aliphatic heterocycles. The number of aliphatic hydroxyl groups excluding tert-OH is 1. The van der Waals surface area contributed by atoms with Gasteiger partial charge in [0.05, 0.1) is 11.0 Å². The summed E-state index contributed by atoms with van der Waals surface area (Å²) in [5.74, 6) is 1.56. The normalized spacial score (nSPS) is 29.3. The Bertz CT molecular complexity index is 564. The maximum Gasteiger partial charge on any atom is 0.153 e. The van der Waals surface area contributed by atoms with Crippen LogP contribution < -0.4 is 0 Å². The van der Waals surface area contributed by atoms with E-state index in [-0.39, 0.29) is 11.9 Å². The van der Waals surface area contributed by atoms with Crippen molar-refractivity contribution in [1.29, 1.82) is 0 Å². The smallest absolute Gasteiger partial charge is 0.153 e. The van der Waals surface area contributed by atoms with Gasteiger partial charge in [-0.2, -0.15) is 0 Å². The summed E-state index contributed by atoms with van der Waals surface area (Å²) in [5.41, 5.74) is 1.13. The van der Waals surface area contributed by atoms with Gasteiger partial charge < -0.3 is 9.67 Å². The molecule has 19 heavy (non-hydrogen) atoms. The van der Waals surface area contributed by atoms with Crippen molar-refractivity contribution in [2.24, 2.45) is 5.92 Å². The fourth-order valence-corrected chi connectivity index (χ4v) is 5.04. The molecule has 6 heteroatoms. The van der Waals surface area contributed by atoms with E-state index in [1.165, 1.54) is 0 Å². The Kier molecular flexibility index (Phi) is 3.39. The number of imidazole rings is 1. The third-order valence-electron chi connectivity index (χ3n) is 4.41. The van der Waals surface area contributed by atoms with Gasteiger partial charge in [-0.3, -0.25) is 0 Å². The Morgan fingerprint density at radius 3 is 2.95 bits per heavy atom. The Morgan fingerprint density at radius 2 is 2.26 bits per heavy atom. The first-order valence-electron chi connectivity index (χ1n) is 6.96. The quantitative estimate of drug-likeness (QED) is 0.880. The minimum absolute atomic E-state index is 0.220. The maximum absolute atomic E-state index is 11.9. The van der Waals surface area contributed by atoms with Crippen LogP contribution in [0.2, 0.25) is 0 Å². The molecule has 0 spiro atoms. The minimum Gasteiger partial charge on any atom is -0.396 e. The van der Waals surface area contributed by atoms with Gasteiger partial charge in [0.1, 0.15) is 5.82 Å². The van der Waals surface area contributed by atoms with Gasteiger partial charge in [0.25, 0.3) is 0 Å². The second-order valence-corrected chi connectivity index (χ2v) is 8.09. The van der Waals surface area contributed by atoms with E-state index in [1.54, 1.807) is 0 Å². The van der Waals surface area contributed by atoms with Gasteiger partial charge in [-0.25, -0.2) is 13.4 Å². The van der Waals surface area contributed by atoms with Crippen LogP contribution in [-0.4, -0.2) is 40.7 Å². The minimum atomic E-state index is -2.90. The summed E-state index contributed by atoms with van der Waals surface area (Å²) in [6.45, 7) is 1.07. The molecule has 2 unspecified atom stereocenters. The average Bonchev–Trinajstić information content (AvgIpc) is 2.94. The Labute approximate surface area is 113 Å². The van der Waals surface area contributed by atoms with Gasteiger partial charge in [0.15, 0.2) is 9.84 Å². The third kappa shape index (κ3) is 2.43. The first-order chi connectivity index (χ1) is 9.10. The van der Waals surface area contributed by atoms with E-state index >= 15 is 0 Å². The number of hydrogen-bond acceptors (Lipinski definition) is 4. The van der Waals surface area contributed by atoms with Gasteiger partial charge in [-0.05, 0) is 31.6 Å². The average molecular weight is 284 g/mol. The van der Waals surface area contributed by atoms with E-state index in [9.17, 15) is 13.5 Å². The van der Waals surface area contributed by atoms with Crippen molar-refractivity contribution in [3.8, 4) is 0 Å². The van der Waals surface area contributed by atoms with E-state index in [0.29, 0.717) is 18.1 Å². The largest absolute Gasteiger partial charge is 0.396 e. The molecular weight excluding hydrogens is 264 g/mol. The number of fused-ring (bicyclic) bond motifs is 1. The van der Waals surface area contributed by atoms with E-state index in [1.807, 2.05) is 6.20 Å². The fourth-order valence-electron chi connectivity index (χ4n) is 3.21. The number of nitrogens with zero attached hydrogens (tertiary/aromatic N) is 2. The molecule has 1 saturated heterocycles. The van der Waals surface area contributed by atoms with E-state index in [0.717, 1.165) is 43.7 Å². The Balaban J connectivity index is 1.79. The molecule has 1 fully saturated rings. The summed E-state index contributed by atoms with van der Waals surface area (Å²) in [6, 6.07) is 0. The molecule has 5 nitrogen and oxygen atoms in total. The van der Waals surface area contributed by atoms with E-state index in [2.05, 4.69) is 9.55 Å². The second kappa shape index (κ2) is 4.90. The van der Waals surface area contributed by atoms with Crippen LogP contribution in [0.1, 0.15) is 30.8 Å². The van der Waals surface area contributed by atoms with Crippen LogP contribution in [0, 0.1) is 5.92 Å². The van der Waals surface area contributed by atoms with Crippen molar-refractivity contribution < 1.29 is 13.5 Å². The number of aromatic nitrogens is 2. The number of hydrogen-bond donors (Lipinski definition) is 1. The van der Waals surface area contributed by atoms with Gasteiger partial charge in [-0.15, -0.1) is 0 Å². The molecule has 0 radical (unpaired) electrons. The number of rotatable bonds is 3. The molecule has 0 saturated carbocycles. The first kappa shape index (κ1) is 13.1. The fraction of sp³-hybridized carbons (Fsp3) is 0.769. The lowest BCUT2D eigenvalue weighted by molar-refractivity contribution is 0.200. The van der Waals surface area contributed by atoms with E-state index < -0.39 is 9.84 Å². The first-order valence-corrected chi connectivity index (χ1v) is 8.67. The van der Waals surface area contributed by atoms with Crippen LogP contribution in [0.25, 0.3) is 0 Å². The van der Waals surface area contributed by atoms with Crippen LogP contribution >= 0.6 is 0 Å². The summed E-state index contributed by atoms with van der Waals surface area (Å²) >= 11 is 0. The number of aliphatic hydroxyl groups is 1. The van der Waals surface area contributed by atoms with E-state index in [4.69, 9.17) is 0 Å². The number of sulfone groups is 1. The van der Waals surface area contributed by atoms with Gasteiger partial charge in [0, 0.05) is 31.5 Å². The zero-order chi connectivity index (χ0) is 13.5. The molecule has 3 rings (SSSR count). The Hall–Kier alpha value is -0.880. The molecule has 106 valence electrons. The summed E-state index contributed by atoms with van der Waals surface area (Å²) in [7, 11) is -2.90. The van der Waals surface area contributed by atoms with Crippen LogP contribution in [0.15, 0.2) is 6.20 Å². The van der Waals surface area contributed by atoms with Crippen LogP contribution in [0.4, 0.5) is 0 Å². The zero-order valence-electron chi connectivity index (χ0n) is 11.0. The van der Waals surface area contributed by atoms with Crippen LogP contribution in [-0.2, 0) is 29.2 Å². The molecule has 3 heterocycles.